The molecule has 0 aliphatic heterocycles. The fraction of sp³-hybridized carbons (Fsp3) is 0.611. The predicted octanol–water partition coefficient (Wildman–Crippen LogP) is 2.99. The van der Waals surface area contributed by atoms with E-state index < -0.39 is 5.54 Å². The van der Waals surface area contributed by atoms with Gasteiger partial charge in [0.25, 0.3) is 0 Å². The highest BCUT2D eigenvalue weighted by Gasteiger charge is 2.54. The molecule has 1 aromatic rings. The summed E-state index contributed by atoms with van der Waals surface area (Å²) in [6, 6.07) is 9.65. The summed E-state index contributed by atoms with van der Waals surface area (Å²) in [5.74, 6) is -0.121. The number of benzene rings is 1. The third kappa shape index (κ3) is 3.39. The second kappa shape index (κ2) is 7.65. The minimum absolute atomic E-state index is 0. The van der Waals surface area contributed by atoms with Crippen molar-refractivity contribution in [3.63, 3.8) is 0 Å². The molecular formula is C18H29ClN2O2. The third-order valence-electron chi connectivity index (χ3n) is 5.54. The fourth-order valence-electron chi connectivity index (χ4n) is 3.70. The van der Waals surface area contributed by atoms with Crippen LogP contribution >= 0.6 is 12.4 Å². The Morgan fingerprint density at radius 3 is 2.39 bits per heavy atom. The van der Waals surface area contributed by atoms with Gasteiger partial charge in [0.15, 0.2) is 0 Å². The number of methoxy groups -OCH3 is 1. The Balaban J connectivity index is 0.00000264. The Morgan fingerprint density at radius 1 is 1.35 bits per heavy atom. The van der Waals surface area contributed by atoms with Crippen molar-refractivity contribution in [3.05, 3.63) is 35.9 Å². The Kier molecular flexibility index (Phi) is 6.63. The van der Waals surface area contributed by atoms with Crippen LogP contribution in [0.5, 0.6) is 0 Å². The molecule has 23 heavy (non-hydrogen) atoms. The first-order valence-electron chi connectivity index (χ1n) is 8.10. The van der Waals surface area contributed by atoms with Gasteiger partial charge < -0.3 is 15.8 Å². The van der Waals surface area contributed by atoms with Gasteiger partial charge in [-0.25, -0.2) is 0 Å². The minimum atomic E-state index is -1.02. The van der Waals surface area contributed by atoms with Gasteiger partial charge >= 0.3 is 0 Å². The van der Waals surface area contributed by atoms with Gasteiger partial charge in [-0.2, -0.15) is 0 Å². The molecule has 3 atom stereocenters. The molecule has 1 fully saturated rings. The van der Waals surface area contributed by atoms with Crippen molar-refractivity contribution >= 4 is 18.3 Å². The number of ether oxygens (including phenoxy) is 1. The van der Waals surface area contributed by atoms with E-state index in [1.54, 1.807) is 14.0 Å². The van der Waals surface area contributed by atoms with Gasteiger partial charge in [0, 0.05) is 18.6 Å². The molecule has 0 heterocycles. The molecule has 4 nitrogen and oxygen atoms in total. The minimum Gasteiger partial charge on any atom is -0.381 e. The lowest BCUT2D eigenvalue weighted by molar-refractivity contribution is -0.144. The Labute approximate surface area is 145 Å². The smallest absolute Gasteiger partial charge is 0.244 e. The van der Waals surface area contributed by atoms with Crippen LogP contribution < -0.4 is 11.1 Å². The van der Waals surface area contributed by atoms with Gasteiger partial charge in [0.1, 0.15) is 5.54 Å². The van der Waals surface area contributed by atoms with Gasteiger partial charge in [0.2, 0.25) is 5.91 Å². The van der Waals surface area contributed by atoms with E-state index in [-0.39, 0.29) is 35.9 Å². The van der Waals surface area contributed by atoms with E-state index >= 15 is 0 Å². The second-order valence-corrected chi connectivity index (χ2v) is 6.49. The maximum Gasteiger partial charge on any atom is 0.244 e. The molecule has 3 N–H and O–H groups in total. The normalized spacial score (nSPS) is 24.7. The van der Waals surface area contributed by atoms with Crippen molar-refractivity contribution in [1.29, 1.82) is 0 Å². The van der Waals surface area contributed by atoms with Crippen molar-refractivity contribution in [2.45, 2.75) is 57.7 Å². The Morgan fingerprint density at radius 2 is 1.91 bits per heavy atom. The van der Waals surface area contributed by atoms with Crippen molar-refractivity contribution in [2.24, 2.45) is 11.1 Å². The van der Waals surface area contributed by atoms with Crippen LogP contribution in [-0.2, 0) is 15.1 Å². The van der Waals surface area contributed by atoms with E-state index in [0.29, 0.717) is 0 Å². The fourth-order valence-corrected chi connectivity index (χ4v) is 3.70. The second-order valence-electron chi connectivity index (χ2n) is 6.49. The predicted molar refractivity (Wildman–Crippen MR) is 95.6 cm³/mol. The SMILES string of the molecule is CCC1(CC)C(NC(=O)C(C)(N)c2ccccc2)CC1OC.Cl. The van der Waals surface area contributed by atoms with Crippen LogP contribution in [0.15, 0.2) is 30.3 Å². The average molecular weight is 341 g/mol. The summed E-state index contributed by atoms with van der Waals surface area (Å²) in [7, 11) is 1.75. The summed E-state index contributed by atoms with van der Waals surface area (Å²) in [6.07, 6.45) is 3.04. The molecule has 0 radical (unpaired) electrons. The standard InChI is InChI=1S/C18H28N2O2.ClH/c1-5-18(6-2)14(12-15(18)22-4)20-16(21)17(3,19)13-10-8-7-9-11-13;/h7-11,14-15H,5-6,12,19H2,1-4H3,(H,20,21);1H. The maximum absolute atomic E-state index is 12.7. The van der Waals surface area contributed by atoms with E-state index in [0.717, 1.165) is 24.8 Å². The molecule has 1 aliphatic carbocycles. The largest absolute Gasteiger partial charge is 0.381 e. The van der Waals surface area contributed by atoms with Crippen LogP contribution in [-0.4, -0.2) is 25.2 Å². The number of carbonyl (C=O) groups excluding carboxylic acids is 1. The summed E-state index contributed by atoms with van der Waals surface area (Å²) < 4.78 is 5.58. The van der Waals surface area contributed by atoms with E-state index in [9.17, 15) is 4.79 Å². The monoisotopic (exact) mass is 340 g/mol. The summed E-state index contributed by atoms with van der Waals surface area (Å²) in [5, 5.41) is 3.17. The first-order valence-corrected chi connectivity index (χ1v) is 8.10. The topological polar surface area (TPSA) is 64.4 Å². The maximum atomic E-state index is 12.7. The van der Waals surface area contributed by atoms with Gasteiger partial charge in [0.05, 0.1) is 6.10 Å². The molecule has 1 amide bonds. The first kappa shape index (κ1) is 19.9. The highest BCUT2D eigenvalue weighted by Crippen LogP contribution is 2.48. The summed E-state index contributed by atoms with van der Waals surface area (Å²) in [4.78, 5) is 12.7. The number of carbonyl (C=O) groups is 1. The number of hydrogen-bond acceptors (Lipinski definition) is 3. The third-order valence-corrected chi connectivity index (χ3v) is 5.54. The molecule has 0 saturated heterocycles. The lowest BCUT2D eigenvalue weighted by Gasteiger charge is -2.55. The molecule has 5 heteroatoms. The quantitative estimate of drug-likeness (QED) is 0.836. The molecule has 1 aliphatic rings. The number of nitrogens with one attached hydrogen (secondary N) is 1. The van der Waals surface area contributed by atoms with E-state index in [4.69, 9.17) is 10.5 Å². The molecule has 1 saturated carbocycles. The van der Waals surface area contributed by atoms with Crippen LogP contribution in [0.4, 0.5) is 0 Å². The Bertz CT molecular complexity index is 515. The summed E-state index contributed by atoms with van der Waals surface area (Å²) in [6.45, 7) is 6.09. The van der Waals surface area contributed by atoms with Crippen LogP contribution in [0.3, 0.4) is 0 Å². The van der Waals surface area contributed by atoms with E-state index in [1.807, 2.05) is 30.3 Å². The van der Waals surface area contributed by atoms with Gasteiger partial charge in [-0.15, -0.1) is 12.4 Å². The van der Waals surface area contributed by atoms with Crippen LogP contribution in [0.1, 0.15) is 45.6 Å². The Hall–Kier alpha value is -1.10. The van der Waals surface area contributed by atoms with Gasteiger partial charge in [-0.3, -0.25) is 4.79 Å². The highest BCUT2D eigenvalue weighted by atomic mass is 35.5. The first-order chi connectivity index (χ1) is 10.4. The van der Waals surface area contributed by atoms with Gasteiger partial charge in [-0.05, 0) is 31.7 Å². The zero-order valence-electron chi connectivity index (χ0n) is 14.5. The zero-order chi connectivity index (χ0) is 16.4. The number of hydrogen-bond donors (Lipinski definition) is 2. The summed E-state index contributed by atoms with van der Waals surface area (Å²) >= 11 is 0. The van der Waals surface area contributed by atoms with Crippen LogP contribution in [0, 0.1) is 5.41 Å². The van der Waals surface area contributed by atoms with Crippen LogP contribution in [0.2, 0.25) is 0 Å². The number of amides is 1. The zero-order valence-corrected chi connectivity index (χ0v) is 15.3. The van der Waals surface area contributed by atoms with Gasteiger partial charge in [-0.1, -0.05) is 44.2 Å². The van der Waals surface area contributed by atoms with Crippen molar-refractivity contribution in [3.8, 4) is 0 Å². The molecule has 1 aromatic carbocycles. The summed E-state index contributed by atoms with van der Waals surface area (Å²) in [5.41, 5.74) is 6.14. The van der Waals surface area contributed by atoms with E-state index in [2.05, 4.69) is 19.2 Å². The van der Waals surface area contributed by atoms with Crippen molar-refractivity contribution in [2.75, 3.05) is 7.11 Å². The molecule has 3 unspecified atom stereocenters. The van der Waals surface area contributed by atoms with E-state index in [1.165, 1.54) is 0 Å². The lowest BCUT2D eigenvalue weighted by Crippen LogP contribution is -2.66. The average Bonchev–Trinajstić information content (AvgIpc) is 2.53. The lowest BCUT2D eigenvalue weighted by atomic mass is 9.58. The van der Waals surface area contributed by atoms with Crippen molar-refractivity contribution < 1.29 is 9.53 Å². The number of nitrogens with two attached hydrogens (primary N) is 1. The number of halogens is 1. The molecular weight excluding hydrogens is 312 g/mol. The molecule has 2 rings (SSSR count). The molecule has 0 aromatic heterocycles. The molecule has 0 spiro atoms. The molecule has 0 bridgehead atoms. The van der Waals surface area contributed by atoms with Crippen molar-refractivity contribution in [1.82, 2.24) is 5.32 Å². The highest BCUT2D eigenvalue weighted by molar-refractivity contribution is 5.87. The molecule has 130 valence electrons. The van der Waals surface area contributed by atoms with Crippen LogP contribution in [0.25, 0.3) is 0 Å². The number of rotatable bonds is 6.